The summed E-state index contributed by atoms with van der Waals surface area (Å²) in [5, 5.41) is 0.290. The largest absolute Gasteiger partial charge is 0.358 e. The Kier molecular flexibility index (Phi) is 3.75. The number of hydrogen-bond acceptors (Lipinski definition) is 4. The molecule has 0 radical (unpaired) electrons. The molecule has 0 atom stereocenters. The van der Waals surface area contributed by atoms with Gasteiger partial charge in [0.1, 0.15) is 4.90 Å². The molecule has 1 heterocycles. The molecule has 2 aromatic rings. The molecule has 0 fully saturated rings. The van der Waals surface area contributed by atoms with E-state index in [4.69, 9.17) is 27.4 Å². The summed E-state index contributed by atoms with van der Waals surface area (Å²) in [6.45, 7) is 0. The lowest BCUT2D eigenvalue weighted by molar-refractivity contribution is 0.476. The second-order valence-corrected chi connectivity index (χ2v) is 5.64. The van der Waals surface area contributed by atoms with Gasteiger partial charge in [-0.2, -0.15) is 8.42 Å². The first-order chi connectivity index (χ1) is 8.49. The third kappa shape index (κ3) is 2.93. The third-order valence-electron chi connectivity index (χ3n) is 2.00. The summed E-state index contributed by atoms with van der Waals surface area (Å²) in [5.74, 6) is -0.0338. The van der Waals surface area contributed by atoms with Crippen molar-refractivity contribution in [3.63, 3.8) is 0 Å². The highest BCUT2D eigenvalue weighted by Gasteiger charge is 2.21. The summed E-state index contributed by atoms with van der Waals surface area (Å²) in [4.78, 5) is 3.57. The van der Waals surface area contributed by atoms with E-state index in [0.717, 1.165) is 0 Å². The number of halogens is 2. The normalized spacial score (nSPS) is 11.2. The smallest absolute Gasteiger partial charge is 0.342 e. The molecule has 1 aromatic heterocycles. The molecule has 0 aliphatic rings. The summed E-state index contributed by atoms with van der Waals surface area (Å²) >= 11 is 11.5. The van der Waals surface area contributed by atoms with E-state index in [1.165, 1.54) is 30.5 Å². The van der Waals surface area contributed by atoms with Gasteiger partial charge in [-0.05, 0) is 24.3 Å². The van der Waals surface area contributed by atoms with E-state index in [0.29, 0.717) is 0 Å². The maximum absolute atomic E-state index is 12.0. The second kappa shape index (κ2) is 5.14. The van der Waals surface area contributed by atoms with Gasteiger partial charge >= 0.3 is 10.1 Å². The maximum Gasteiger partial charge on any atom is 0.342 e. The quantitative estimate of drug-likeness (QED) is 0.817. The number of aromatic nitrogens is 1. The van der Waals surface area contributed by atoms with E-state index in [1.54, 1.807) is 12.1 Å². The van der Waals surface area contributed by atoms with E-state index < -0.39 is 10.1 Å². The number of rotatable bonds is 3. The Morgan fingerprint density at radius 2 is 1.89 bits per heavy atom. The molecule has 0 aliphatic carbocycles. The minimum Gasteiger partial charge on any atom is -0.358 e. The van der Waals surface area contributed by atoms with E-state index in [-0.39, 0.29) is 20.8 Å². The van der Waals surface area contributed by atoms with E-state index >= 15 is 0 Å². The standard InChI is InChI=1S/C11H7Cl2NO3S/c12-8-4-5-9(13)10(7-8)18(15,16)17-11-3-1-2-6-14-11/h1-7H. The molecule has 0 N–H and O–H groups in total. The molecule has 0 saturated heterocycles. The van der Waals surface area contributed by atoms with Gasteiger partial charge in [-0.25, -0.2) is 4.98 Å². The van der Waals surface area contributed by atoms with Gasteiger partial charge in [0, 0.05) is 17.3 Å². The lowest BCUT2D eigenvalue weighted by atomic mass is 10.4. The van der Waals surface area contributed by atoms with Crippen molar-refractivity contribution in [2.45, 2.75) is 4.90 Å². The fraction of sp³-hybridized carbons (Fsp3) is 0. The number of pyridine rings is 1. The van der Waals surface area contributed by atoms with Crippen LogP contribution >= 0.6 is 23.2 Å². The third-order valence-corrected chi connectivity index (χ3v) is 3.94. The molecule has 4 nitrogen and oxygen atoms in total. The molecule has 0 aliphatic heterocycles. The summed E-state index contributed by atoms with van der Waals surface area (Å²) in [5.41, 5.74) is 0. The van der Waals surface area contributed by atoms with Crippen molar-refractivity contribution in [1.29, 1.82) is 0 Å². The van der Waals surface area contributed by atoms with E-state index in [1.807, 2.05) is 0 Å². The van der Waals surface area contributed by atoms with Gasteiger partial charge in [-0.3, -0.25) is 0 Å². The Labute approximate surface area is 114 Å². The first-order valence-electron chi connectivity index (χ1n) is 4.79. The van der Waals surface area contributed by atoms with E-state index in [9.17, 15) is 8.42 Å². The molecule has 0 unspecified atom stereocenters. The van der Waals surface area contributed by atoms with Crippen LogP contribution in [0.25, 0.3) is 0 Å². The van der Waals surface area contributed by atoms with Crippen molar-refractivity contribution in [2.24, 2.45) is 0 Å². The molecule has 0 spiro atoms. The zero-order valence-corrected chi connectivity index (χ0v) is 11.2. The molecule has 0 saturated carbocycles. The van der Waals surface area contributed by atoms with E-state index in [2.05, 4.69) is 4.98 Å². The van der Waals surface area contributed by atoms with Crippen LogP contribution in [0.3, 0.4) is 0 Å². The van der Waals surface area contributed by atoms with Crippen LogP contribution in [0.15, 0.2) is 47.5 Å². The molecule has 2 rings (SSSR count). The van der Waals surface area contributed by atoms with Crippen LogP contribution in [0.1, 0.15) is 0 Å². The fourth-order valence-electron chi connectivity index (χ4n) is 1.22. The summed E-state index contributed by atoms with van der Waals surface area (Å²) in [6.07, 6.45) is 1.42. The Hall–Kier alpha value is -1.30. The minimum absolute atomic E-state index is 0.0338. The number of nitrogens with zero attached hydrogens (tertiary/aromatic N) is 1. The molecule has 18 heavy (non-hydrogen) atoms. The van der Waals surface area contributed by atoms with Gasteiger partial charge in [0.25, 0.3) is 0 Å². The Morgan fingerprint density at radius 3 is 2.56 bits per heavy atom. The first kappa shape index (κ1) is 13.1. The molecule has 94 valence electrons. The van der Waals surface area contributed by atoms with Crippen molar-refractivity contribution in [2.75, 3.05) is 0 Å². The van der Waals surface area contributed by atoms with Gasteiger partial charge in [0.2, 0.25) is 5.88 Å². The van der Waals surface area contributed by atoms with Crippen molar-refractivity contribution in [3.05, 3.63) is 52.6 Å². The summed E-state index contributed by atoms with van der Waals surface area (Å²) < 4.78 is 28.8. The van der Waals surface area contributed by atoms with Crippen LogP contribution in [0.2, 0.25) is 10.0 Å². The zero-order chi connectivity index (χ0) is 13.2. The van der Waals surface area contributed by atoms with Crippen LogP contribution in [0.4, 0.5) is 0 Å². The highest BCUT2D eigenvalue weighted by atomic mass is 35.5. The van der Waals surface area contributed by atoms with Gasteiger partial charge in [-0.15, -0.1) is 0 Å². The number of benzene rings is 1. The average Bonchev–Trinajstić information content (AvgIpc) is 2.33. The van der Waals surface area contributed by atoms with Crippen LogP contribution in [-0.4, -0.2) is 13.4 Å². The second-order valence-electron chi connectivity index (χ2n) is 3.28. The lowest BCUT2D eigenvalue weighted by Crippen LogP contribution is -2.11. The molecule has 7 heteroatoms. The fourth-order valence-corrected chi connectivity index (χ4v) is 2.85. The van der Waals surface area contributed by atoms with Crippen LogP contribution in [-0.2, 0) is 10.1 Å². The summed E-state index contributed by atoms with van der Waals surface area (Å²) in [7, 11) is -4.05. The monoisotopic (exact) mass is 303 g/mol. The molecule has 0 amide bonds. The van der Waals surface area contributed by atoms with Gasteiger partial charge in [-0.1, -0.05) is 29.3 Å². The van der Waals surface area contributed by atoms with Crippen molar-refractivity contribution < 1.29 is 12.6 Å². The van der Waals surface area contributed by atoms with Crippen molar-refractivity contribution >= 4 is 33.3 Å². The highest BCUT2D eigenvalue weighted by molar-refractivity contribution is 7.87. The molecular formula is C11H7Cl2NO3S. The van der Waals surface area contributed by atoms with Gasteiger partial charge in [0.05, 0.1) is 5.02 Å². The van der Waals surface area contributed by atoms with Crippen LogP contribution in [0.5, 0.6) is 5.88 Å². The molecule has 1 aromatic carbocycles. The molecular weight excluding hydrogens is 297 g/mol. The topological polar surface area (TPSA) is 56.3 Å². The predicted molar refractivity (Wildman–Crippen MR) is 68.5 cm³/mol. The average molecular weight is 304 g/mol. The van der Waals surface area contributed by atoms with Gasteiger partial charge in [0.15, 0.2) is 0 Å². The van der Waals surface area contributed by atoms with Crippen molar-refractivity contribution in [1.82, 2.24) is 4.98 Å². The Morgan fingerprint density at radius 1 is 1.11 bits per heavy atom. The SMILES string of the molecule is O=S(=O)(Oc1ccccn1)c1cc(Cl)ccc1Cl. The Balaban J connectivity index is 2.40. The first-order valence-corrected chi connectivity index (χ1v) is 6.96. The van der Waals surface area contributed by atoms with Gasteiger partial charge < -0.3 is 4.18 Å². The summed E-state index contributed by atoms with van der Waals surface area (Å²) in [6, 6.07) is 8.78. The van der Waals surface area contributed by atoms with Crippen LogP contribution in [0, 0.1) is 0 Å². The number of hydrogen-bond donors (Lipinski definition) is 0. The van der Waals surface area contributed by atoms with Crippen LogP contribution < -0.4 is 4.18 Å². The highest BCUT2D eigenvalue weighted by Crippen LogP contribution is 2.26. The lowest BCUT2D eigenvalue weighted by Gasteiger charge is -2.07. The minimum atomic E-state index is -4.05. The Bertz CT molecular complexity index is 659. The zero-order valence-electron chi connectivity index (χ0n) is 8.88. The van der Waals surface area contributed by atoms with Crippen molar-refractivity contribution in [3.8, 4) is 5.88 Å². The molecule has 0 bridgehead atoms. The predicted octanol–water partition coefficient (Wildman–Crippen LogP) is 3.16. The maximum atomic E-state index is 12.0.